The van der Waals surface area contributed by atoms with Gasteiger partial charge in [-0.25, -0.2) is 5.82 Å². The highest BCUT2D eigenvalue weighted by molar-refractivity contribution is 7.42. The number of benzene rings is 2. The van der Waals surface area contributed by atoms with Crippen LogP contribution in [0.2, 0.25) is 0 Å². The van der Waals surface area contributed by atoms with Gasteiger partial charge in [0.1, 0.15) is 0 Å². The van der Waals surface area contributed by atoms with Gasteiger partial charge in [-0.1, -0.05) is 54.1 Å². The van der Waals surface area contributed by atoms with Crippen LogP contribution >= 0.6 is 8.58 Å². The minimum atomic E-state index is 0.447. The van der Waals surface area contributed by atoms with Gasteiger partial charge in [0.15, 0.2) is 0 Å². The Hall–Kier alpha value is -1.85. The normalized spacial score (nSPS) is 18.5. The summed E-state index contributed by atoms with van der Waals surface area (Å²) < 4.78 is 0. The Morgan fingerprint density at radius 2 is 1.65 bits per heavy atom. The van der Waals surface area contributed by atoms with Gasteiger partial charge in [-0.15, -0.1) is 11.7 Å². The molecule has 23 heavy (non-hydrogen) atoms. The lowest BCUT2D eigenvalue weighted by Gasteiger charge is -2.35. The maximum atomic E-state index is 2.41. The molecule has 3 rings (SSSR count). The summed E-state index contributed by atoms with van der Waals surface area (Å²) in [5.41, 5.74) is 8.53. The minimum absolute atomic E-state index is 0.447. The Kier molecular flexibility index (Phi) is 4.68. The summed E-state index contributed by atoms with van der Waals surface area (Å²) in [4.78, 5) is 2.20. The van der Waals surface area contributed by atoms with E-state index in [1.807, 2.05) is 0 Å². The molecule has 0 fully saturated rings. The minimum Gasteiger partial charge on any atom is -0.500 e. The molecule has 2 aromatic carbocycles. The largest absolute Gasteiger partial charge is 0.500 e. The Morgan fingerprint density at radius 3 is 2.30 bits per heavy atom. The van der Waals surface area contributed by atoms with Crippen molar-refractivity contribution in [3.63, 3.8) is 0 Å². The molecule has 1 unspecified atom stereocenters. The fourth-order valence-corrected chi connectivity index (χ4v) is 4.51. The van der Waals surface area contributed by atoms with Crippen LogP contribution in [0.15, 0.2) is 71.7 Å². The lowest BCUT2D eigenvalue weighted by Crippen LogP contribution is -2.13. The van der Waals surface area contributed by atoms with Crippen LogP contribution in [0.4, 0.5) is 0 Å². The van der Waals surface area contributed by atoms with Gasteiger partial charge in [0.05, 0.1) is 0 Å². The maximum Gasteiger partial charge on any atom is 0.00602 e. The third kappa shape index (κ3) is 3.41. The molecule has 1 aliphatic heterocycles. The molecule has 2 heteroatoms. The Bertz CT molecular complexity index is 757. The fraction of sp³-hybridized carbons (Fsp3) is 0.238. The summed E-state index contributed by atoms with van der Waals surface area (Å²) in [6, 6.07) is 17.5. The lowest BCUT2D eigenvalue weighted by molar-refractivity contribution is 0.522. The lowest BCUT2D eigenvalue weighted by atomic mass is 9.96. The molecule has 0 aliphatic carbocycles. The van der Waals surface area contributed by atoms with E-state index in [9.17, 15) is 0 Å². The van der Waals surface area contributed by atoms with Crippen molar-refractivity contribution in [3.05, 3.63) is 82.8 Å². The predicted molar refractivity (Wildman–Crippen MR) is 102 cm³/mol. The molecule has 1 atom stereocenters. The van der Waals surface area contributed by atoms with E-state index in [1.165, 1.54) is 42.1 Å². The molecule has 0 bridgehead atoms. The molecule has 118 valence electrons. The van der Waals surface area contributed by atoms with Crippen molar-refractivity contribution >= 4 is 8.58 Å². The van der Waals surface area contributed by atoms with E-state index in [0.717, 1.165) is 0 Å². The second kappa shape index (κ2) is 6.72. The van der Waals surface area contributed by atoms with Gasteiger partial charge >= 0.3 is 0 Å². The number of hydrogen-bond acceptors (Lipinski definition) is 1. The molecule has 0 saturated heterocycles. The van der Waals surface area contributed by atoms with Gasteiger partial charge in [0.2, 0.25) is 0 Å². The van der Waals surface area contributed by atoms with Gasteiger partial charge in [-0.3, -0.25) is 0 Å². The van der Waals surface area contributed by atoms with Crippen molar-refractivity contribution in [2.24, 2.45) is 0 Å². The quantitative estimate of drug-likeness (QED) is 0.626. The Labute approximate surface area is 141 Å². The zero-order valence-electron chi connectivity index (χ0n) is 14.2. The first-order valence-electron chi connectivity index (χ1n) is 7.98. The van der Waals surface area contributed by atoms with Crippen molar-refractivity contribution < 1.29 is 0 Å². The first kappa shape index (κ1) is 16.0. The van der Waals surface area contributed by atoms with Crippen molar-refractivity contribution in [1.82, 2.24) is 4.90 Å². The Balaban J connectivity index is 1.95. The van der Waals surface area contributed by atoms with Crippen LogP contribution < -0.4 is 0 Å². The van der Waals surface area contributed by atoms with Crippen LogP contribution in [0.1, 0.15) is 23.7 Å². The summed E-state index contributed by atoms with van der Waals surface area (Å²) in [6.07, 6.45) is 2.41. The summed E-state index contributed by atoms with van der Waals surface area (Å²) >= 11 is 0. The zero-order valence-corrected chi connectivity index (χ0v) is 15.1. The molecular formula is C21H23NP-. The second-order valence-corrected chi connectivity index (χ2v) is 7.40. The van der Waals surface area contributed by atoms with Crippen molar-refractivity contribution in [2.75, 3.05) is 14.1 Å². The van der Waals surface area contributed by atoms with Gasteiger partial charge in [0.25, 0.3) is 0 Å². The molecule has 1 nitrogen and oxygen atoms in total. The molecule has 2 aromatic rings. The smallest absolute Gasteiger partial charge is 0.00602 e. The molecule has 0 saturated carbocycles. The van der Waals surface area contributed by atoms with Crippen LogP contribution in [-0.2, 0) is 0 Å². The van der Waals surface area contributed by atoms with Crippen LogP contribution in [0, 0.1) is 6.92 Å². The van der Waals surface area contributed by atoms with Gasteiger partial charge < -0.3 is 13.5 Å². The third-order valence-electron chi connectivity index (χ3n) is 4.36. The van der Waals surface area contributed by atoms with E-state index in [0.29, 0.717) is 5.66 Å². The van der Waals surface area contributed by atoms with Crippen LogP contribution in [-0.4, -0.2) is 19.0 Å². The molecule has 0 N–H and O–H groups in total. The number of allylic oxidation sites excluding steroid dienone is 2. The van der Waals surface area contributed by atoms with E-state index in [1.54, 1.807) is 0 Å². The van der Waals surface area contributed by atoms with Gasteiger partial charge in [-0.05, 0) is 36.1 Å². The zero-order chi connectivity index (χ0) is 16.4. The average molecular weight is 320 g/mol. The average Bonchev–Trinajstić information content (AvgIpc) is 2.55. The molecule has 1 heterocycles. The van der Waals surface area contributed by atoms with E-state index in [4.69, 9.17) is 0 Å². The molecule has 0 amide bonds. The molecule has 1 aliphatic rings. The van der Waals surface area contributed by atoms with Crippen molar-refractivity contribution in [2.45, 2.75) is 19.5 Å². The monoisotopic (exact) mass is 320 g/mol. The molecular weight excluding hydrogens is 297 g/mol. The second-order valence-electron chi connectivity index (χ2n) is 6.29. The first-order chi connectivity index (χ1) is 11.1. The SMILES string of the molecule is CC1=CC(c2cc(-c3ccccc3)ccc2C)[P-]C=C1N(C)C. The summed E-state index contributed by atoms with van der Waals surface area (Å²) in [7, 11) is 5.57. The van der Waals surface area contributed by atoms with Gasteiger partial charge in [0, 0.05) is 19.8 Å². The molecule has 0 spiro atoms. The van der Waals surface area contributed by atoms with Crippen molar-refractivity contribution in [3.8, 4) is 11.1 Å². The van der Waals surface area contributed by atoms with Crippen LogP contribution in [0.3, 0.4) is 0 Å². The summed E-state index contributed by atoms with van der Waals surface area (Å²) in [5, 5.41) is 0. The number of rotatable bonds is 3. The summed E-state index contributed by atoms with van der Waals surface area (Å²) in [6.45, 7) is 4.43. The fourth-order valence-electron chi connectivity index (χ4n) is 3.03. The van der Waals surface area contributed by atoms with E-state index >= 15 is 0 Å². The highest BCUT2D eigenvalue weighted by atomic mass is 31.1. The standard InChI is InChI=1S/C21H23NP/c1-15-10-11-18(17-8-6-5-7-9-17)13-19(15)21-12-16(2)20(14-23-21)22(3)4/h5-14,21H,1-4H3/q-1. The summed E-state index contributed by atoms with van der Waals surface area (Å²) in [5.74, 6) is 2.34. The van der Waals surface area contributed by atoms with E-state index in [2.05, 4.69) is 93.3 Å². The molecule has 0 aromatic heterocycles. The molecule has 0 radical (unpaired) electrons. The number of nitrogens with zero attached hydrogens (tertiary/aromatic N) is 1. The van der Waals surface area contributed by atoms with Crippen molar-refractivity contribution in [1.29, 1.82) is 0 Å². The van der Waals surface area contributed by atoms with Crippen LogP contribution in [0.25, 0.3) is 11.1 Å². The van der Waals surface area contributed by atoms with Gasteiger partial charge in [-0.2, -0.15) is 0 Å². The Morgan fingerprint density at radius 1 is 0.913 bits per heavy atom. The highest BCUT2D eigenvalue weighted by Gasteiger charge is 2.10. The van der Waals surface area contributed by atoms with E-state index < -0.39 is 0 Å². The third-order valence-corrected chi connectivity index (χ3v) is 5.50. The maximum absolute atomic E-state index is 2.41. The number of hydrogen-bond donors (Lipinski definition) is 0. The van der Waals surface area contributed by atoms with Crippen LogP contribution in [0.5, 0.6) is 0 Å². The first-order valence-corrected chi connectivity index (χ1v) is 9.02. The highest BCUT2D eigenvalue weighted by Crippen LogP contribution is 2.45. The topological polar surface area (TPSA) is 3.24 Å². The number of likely N-dealkylation sites (N-methyl/N-ethyl adjacent to an activating group) is 1. The predicted octanol–water partition coefficient (Wildman–Crippen LogP) is 6.01. The number of aryl methyl sites for hydroxylation is 1. The van der Waals surface area contributed by atoms with E-state index in [-0.39, 0.29) is 0 Å².